The van der Waals surface area contributed by atoms with E-state index in [0.717, 1.165) is 18.6 Å². The van der Waals surface area contributed by atoms with E-state index in [1.807, 2.05) is 6.07 Å². The molecule has 0 saturated carbocycles. The van der Waals surface area contributed by atoms with Crippen LogP contribution in [0, 0.1) is 0 Å². The van der Waals surface area contributed by atoms with E-state index < -0.39 is 0 Å². The van der Waals surface area contributed by atoms with Gasteiger partial charge in [0.25, 0.3) is 0 Å². The van der Waals surface area contributed by atoms with Crippen molar-refractivity contribution in [1.82, 2.24) is 25.9 Å². The van der Waals surface area contributed by atoms with E-state index in [0.29, 0.717) is 18.4 Å². The molecule has 1 atom stereocenters. The van der Waals surface area contributed by atoms with Crippen molar-refractivity contribution < 1.29 is 4.74 Å². The van der Waals surface area contributed by atoms with Gasteiger partial charge in [-0.25, -0.2) is 0 Å². The first-order valence-electron chi connectivity index (χ1n) is 6.49. The normalized spacial score (nSPS) is 18.1. The maximum absolute atomic E-state index is 5.28. The predicted molar refractivity (Wildman–Crippen MR) is 69.7 cm³/mol. The number of nitrogens with one attached hydrogen (secondary N) is 2. The van der Waals surface area contributed by atoms with Gasteiger partial charge in [-0.3, -0.25) is 0 Å². The number of benzene rings is 1. The molecule has 1 aliphatic rings. The monoisotopic (exact) mass is 259 g/mol. The summed E-state index contributed by atoms with van der Waals surface area (Å²) in [6, 6.07) is 6.67. The Morgan fingerprint density at radius 2 is 2.42 bits per heavy atom. The van der Waals surface area contributed by atoms with Crippen LogP contribution in [0.15, 0.2) is 18.2 Å². The average Bonchev–Trinajstić information content (AvgIpc) is 2.97. The standard InChI is InChI=1S/C13H17N5O/c1-19-10-5-6-11-9(7-10)3-2-4-12(11)14-8-13-15-17-18-16-13/h5-7,12,14H,2-4,8H2,1H3,(H,15,16,17,18). The van der Waals surface area contributed by atoms with E-state index in [1.165, 1.54) is 17.5 Å². The van der Waals surface area contributed by atoms with E-state index in [-0.39, 0.29) is 0 Å². The minimum Gasteiger partial charge on any atom is -0.497 e. The quantitative estimate of drug-likeness (QED) is 0.867. The molecule has 1 aromatic carbocycles. The van der Waals surface area contributed by atoms with Gasteiger partial charge in [-0.2, -0.15) is 5.21 Å². The highest BCUT2D eigenvalue weighted by Crippen LogP contribution is 2.32. The van der Waals surface area contributed by atoms with Gasteiger partial charge in [-0.1, -0.05) is 11.3 Å². The van der Waals surface area contributed by atoms with Crippen LogP contribution in [0.25, 0.3) is 0 Å². The van der Waals surface area contributed by atoms with Crippen molar-refractivity contribution in [2.45, 2.75) is 31.8 Å². The van der Waals surface area contributed by atoms with Gasteiger partial charge in [0.1, 0.15) is 5.75 Å². The molecule has 6 nitrogen and oxygen atoms in total. The van der Waals surface area contributed by atoms with Crippen molar-refractivity contribution in [2.75, 3.05) is 7.11 Å². The zero-order chi connectivity index (χ0) is 13.1. The third kappa shape index (κ3) is 2.58. The number of aromatic amines is 1. The number of hydrogen-bond acceptors (Lipinski definition) is 5. The molecular formula is C13H17N5O. The third-order valence-corrected chi connectivity index (χ3v) is 3.56. The molecule has 0 spiro atoms. The molecule has 1 heterocycles. The summed E-state index contributed by atoms with van der Waals surface area (Å²) >= 11 is 0. The number of hydrogen-bond donors (Lipinski definition) is 2. The molecule has 3 rings (SSSR count). The van der Waals surface area contributed by atoms with Crippen LogP contribution < -0.4 is 10.1 Å². The van der Waals surface area contributed by atoms with Gasteiger partial charge in [-0.05, 0) is 42.5 Å². The van der Waals surface area contributed by atoms with Gasteiger partial charge < -0.3 is 10.1 Å². The number of methoxy groups -OCH3 is 1. The number of H-pyrrole nitrogens is 1. The summed E-state index contributed by atoms with van der Waals surface area (Å²) in [6.45, 7) is 0.632. The molecule has 0 fully saturated rings. The number of ether oxygens (including phenoxy) is 1. The lowest BCUT2D eigenvalue weighted by atomic mass is 9.87. The van der Waals surface area contributed by atoms with E-state index in [4.69, 9.17) is 4.74 Å². The number of nitrogens with zero attached hydrogens (tertiary/aromatic N) is 3. The lowest BCUT2D eigenvalue weighted by Gasteiger charge is -2.26. The second kappa shape index (κ2) is 5.36. The van der Waals surface area contributed by atoms with Crippen molar-refractivity contribution >= 4 is 0 Å². The number of tetrazole rings is 1. The Labute approximate surface area is 111 Å². The SMILES string of the molecule is COc1ccc2c(c1)CCCC2NCc1nn[nH]n1. The molecule has 0 aliphatic heterocycles. The summed E-state index contributed by atoms with van der Waals surface area (Å²) in [5.74, 6) is 1.62. The Kier molecular flexibility index (Phi) is 3.41. The van der Waals surface area contributed by atoms with Gasteiger partial charge in [-0.15, -0.1) is 10.2 Å². The fraction of sp³-hybridized carbons (Fsp3) is 0.462. The molecule has 1 aromatic heterocycles. The highest BCUT2D eigenvalue weighted by molar-refractivity contribution is 5.39. The van der Waals surface area contributed by atoms with Crippen molar-refractivity contribution in [3.63, 3.8) is 0 Å². The summed E-state index contributed by atoms with van der Waals surface area (Å²) in [7, 11) is 1.70. The highest BCUT2D eigenvalue weighted by atomic mass is 16.5. The van der Waals surface area contributed by atoms with Crippen LogP contribution in [-0.2, 0) is 13.0 Å². The van der Waals surface area contributed by atoms with Crippen LogP contribution in [-0.4, -0.2) is 27.7 Å². The predicted octanol–water partition coefficient (Wildman–Crippen LogP) is 1.38. The largest absolute Gasteiger partial charge is 0.497 e. The molecule has 6 heteroatoms. The second-order valence-corrected chi connectivity index (χ2v) is 4.72. The average molecular weight is 259 g/mol. The first-order valence-corrected chi connectivity index (χ1v) is 6.49. The van der Waals surface area contributed by atoms with Gasteiger partial charge in [0.2, 0.25) is 0 Å². The van der Waals surface area contributed by atoms with E-state index in [1.54, 1.807) is 7.11 Å². The second-order valence-electron chi connectivity index (χ2n) is 4.72. The van der Waals surface area contributed by atoms with Crippen molar-refractivity contribution in [2.24, 2.45) is 0 Å². The van der Waals surface area contributed by atoms with Crippen LogP contribution in [0.1, 0.15) is 35.8 Å². The first kappa shape index (κ1) is 12.1. The lowest BCUT2D eigenvalue weighted by molar-refractivity contribution is 0.410. The fourth-order valence-corrected chi connectivity index (χ4v) is 2.60. The van der Waals surface area contributed by atoms with Gasteiger partial charge in [0, 0.05) is 6.04 Å². The van der Waals surface area contributed by atoms with Crippen molar-refractivity contribution in [3.05, 3.63) is 35.2 Å². The molecule has 2 aromatic rings. The molecule has 1 aliphatic carbocycles. The van der Waals surface area contributed by atoms with Crippen molar-refractivity contribution in [3.8, 4) is 5.75 Å². The van der Waals surface area contributed by atoms with Crippen LogP contribution in [0.3, 0.4) is 0 Å². The van der Waals surface area contributed by atoms with Crippen LogP contribution >= 0.6 is 0 Å². The molecular weight excluding hydrogens is 242 g/mol. The third-order valence-electron chi connectivity index (χ3n) is 3.56. The fourth-order valence-electron chi connectivity index (χ4n) is 2.60. The molecule has 19 heavy (non-hydrogen) atoms. The lowest BCUT2D eigenvalue weighted by Crippen LogP contribution is -2.25. The van der Waals surface area contributed by atoms with Crippen molar-refractivity contribution in [1.29, 1.82) is 0 Å². The molecule has 0 bridgehead atoms. The molecule has 1 unspecified atom stereocenters. The van der Waals surface area contributed by atoms with Crippen LogP contribution in [0.5, 0.6) is 5.75 Å². The van der Waals surface area contributed by atoms with Crippen LogP contribution in [0.4, 0.5) is 0 Å². The maximum Gasteiger partial charge on any atom is 0.188 e. The smallest absolute Gasteiger partial charge is 0.188 e. The van der Waals surface area contributed by atoms with E-state index in [2.05, 4.69) is 38.1 Å². The van der Waals surface area contributed by atoms with E-state index in [9.17, 15) is 0 Å². The number of rotatable bonds is 4. The van der Waals surface area contributed by atoms with Gasteiger partial charge >= 0.3 is 0 Å². The summed E-state index contributed by atoms with van der Waals surface area (Å²) in [5.41, 5.74) is 2.73. The highest BCUT2D eigenvalue weighted by Gasteiger charge is 2.20. The Morgan fingerprint density at radius 1 is 1.47 bits per heavy atom. The number of aromatic nitrogens is 4. The summed E-state index contributed by atoms with van der Waals surface area (Å²) in [4.78, 5) is 0. The molecule has 100 valence electrons. The molecule has 2 N–H and O–H groups in total. The first-order chi connectivity index (χ1) is 9.36. The topological polar surface area (TPSA) is 75.7 Å². The molecule has 0 saturated heterocycles. The van der Waals surface area contributed by atoms with Gasteiger partial charge in [0.05, 0.1) is 13.7 Å². The Balaban J connectivity index is 1.74. The zero-order valence-electron chi connectivity index (χ0n) is 10.9. The minimum absolute atomic E-state index is 0.355. The Morgan fingerprint density at radius 3 is 3.21 bits per heavy atom. The maximum atomic E-state index is 5.28. The summed E-state index contributed by atoms with van der Waals surface area (Å²) in [6.07, 6.45) is 3.44. The van der Waals surface area contributed by atoms with Crippen LogP contribution in [0.2, 0.25) is 0 Å². The van der Waals surface area contributed by atoms with E-state index >= 15 is 0 Å². The van der Waals surface area contributed by atoms with Gasteiger partial charge in [0.15, 0.2) is 5.82 Å². The molecule has 0 radical (unpaired) electrons. The number of fused-ring (bicyclic) bond motifs is 1. The minimum atomic E-state index is 0.355. The zero-order valence-corrected chi connectivity index (χ0v) is 10.9. The summed E-state index contributed by atoms with van der Waals surface area (Å²) < 4.78 is 5.28. The molecule has 0 amide bonds. The number of aryl methyl sites for hydroxylation is 1. The summed E-state index contributed by atoms with van der Waals surface area (Å²) in [5, 5.41) is 17.4. The Hall–Kier alpha value is -1.95. The Bertz CT molecular complexity index is 540.